The number of nitrogens with one attached hydrogen (secondary N) is 1. The first-order chi connectivity index (χ1) is 9.28. The van der Waals surface area contributed by atoms with E-state index in [-0.39, 0.29) is 0 Å². The molecule has 0 aliphatic heterocycles. The summed E-state index contributed by atoms with van der Waals surface area (Å²) < 4.78 is 2.69. The van der Waals surface area contributed by atoms with Crippen LogP contribution in [0, 0.1) is 16.1 Å². The zero-order valence-corrected chi connectivity index (χ0v) is 10.9. The smallest absolute Gasteiger partial charge is 0.178 e. The Bertz CT molecular complexity index is 822. The minimum atomic E-state index is 0.642. The largest absolute Gasteiger partial charge is 0.331 e. The fourth-order valence-electron chi connectivity index (χ4n) is 2.15. The second-order valence-electron chi connectivity index (χ2n) is 4.35. The van der Waals surface area contributed by atoms with Gasteiger partial charge in [0.2, 0.25) is 0 Å². The molecule has 1 heterocycles. The van der Waals surface area contributed by atoms with Crippen molar-refractivity contribution in [1.29, 1.82) is 5.26 Å². The fraction of sp³-hybridized carbons (Fsp3) is 0.0667. The van der Waals surface area contributed by atoms with Gasteiger partial charge in [-0.05, 0) is 36.0 Å². The number of benzene rings is 2. The van der Waals surface area contributed by atoms with Crippen molar-refractivity contribution in [2.45, 2.75) is 6.54 Å². The van der Waals surface area contributed by atoms with Crippen molar-refractivity contribution in [2.24, 2.45) is 0 Å². The Balaban J connectivity index is 2.15. The summed E-state index contributed by atoms with van der Waals surface area (Å²) in [6.07, 6.45) is 0. The standard InChI is InChI=1S/C15H11N3S/c16-9-12-6-7-13-14(8-12)18(15(19)17-13)10-11-4-2-1-3-5-11/h1-8H,10H2,(H,17,19). The average Bonchev–Trinajstić information content (AvgIpc) is 2.76. The third-order valence-electron chi connectivity index (χ3n) is 3.09. The average molecular weight is 265 g/mol. The minimum Gasteiger partial charge on any atom is -0.331 e. The predicted molar refractivity (Wildman–Crippen MR) is 77.4 cm³/mol. The molecule has 0 aliphatic carbocycles. The van der Waals surface area contributed by atoms with E-state index in [0.717, 1.165) is 11.0 Å². The number of nitriles is 1. The van der Waals surface area contributed by atoms with Gasteiger partial charge in [0.05, 0.1) is 29.2 Å². The predicted octanol–water partition coefficient (Wildman–Crippen LogP) is 3.62. The molecule has 0 bridgehead atoms. The molecule has 0 spiro atoms. The number of aromatic amines is 1. The number of hydrogen-bond donors (Lipinski definition) is 1. The SMILES string of the molecule is N#Cc1ccc2[nH]c(=S)n(Cc3ccccc3)c2c1. The second kappa shape index (κ2) is 4.71. The van der Waals surface area contributed by atoms with Crippen LogP contribution in [-0.2, 0) is 6.54 Å². The van der Waals surface area contributed by atoms with Crippen LogP contribution in [0.1, 0.15) is 11.1 Å². The maximum atomic E-state index is 8.99. The molecule has 0 saturated carbocycles. The van der Waals surface area contributed by atoms with Gasteiger partial charge in [0.1, 0.15) is 0 Å². The maximum Gasteiger partial charge on any atom is 0.178 e. The Morgan fingerprint density at radius 1 is 1.16 bits per heavy atom. The van der Waals surface area contributed by atoms with Crippen LogP contribution >= 0.6 is 12.2 Å². The van der Waals surface area contributed by atoms with Gasteiger partial charge in [0, 0.05) is 0 Å². The normalized spacial score (nSPS) is 10.5. The maximum absolute atomic E-state index is 8.99. The van der Waals surface area contributed by atoms with Crippen LogP contribution < -0.4 is 0 Å². The summed E-state index contributed by atoms with van der Waals surface area (Å²) in [6.45, 7) is 0.703. The van der Waals surface area contributed by atoms with E-state index in [1.165, 1.54) is 5.56 Å². The number of nitrogens with zero attached hydrogens (tertiary/aromatic N) is 2. The van der Waals surface area contributed by atoms with Crippen molar-refractivity contribution in [2.75, 3.05) is 0 Å². The molecule has 3 aromatic rings. The quantitative estimate of drug-likeness (QED) is 0.719. The van der Waals surface area contributed by atoms with Crippen molar-refractivity contribution in [3.63, 3.8) is 0 Å². The van der Waals surface area contributed by atoms with Crippen molar-refractivity contribution in [3.8, 4) is 6.07 Å². The Labute approximate surface area is 115 Å². The van der Waals surface area contributed by atoms with Gasteiger partial charge >= 0.3 is 0 Å². The summed E-state index contributed by atoms with van der Waals surface area (Å²) >= 11 is 5.36. The summed E-state index contributed by atoms with van der Waals surface area (Å²) in [6, 6.07) is 17.8. The van der Waals surface area contributed by atoms with Gasteiger partial charge in [-0.25, -0.2) is 0 Å². The summed E-state index contributed by atoms with van der Waals surface area (Å²) in [5.74, 6) is 0. The Hall–Kier alpha value is -2.38. The summed E-state index contributed by atoms with van der Waals surface area (Å²) in [4.78, 5) is 3.17. The van der Waals surface area contributed by atoms with Crippen LogP contribution in [0.5, 0.6) is 0 Å². The summed E-state index contributed by atoms with van der Waals surface area (Å²) in [5, 5.41) is 8.99. The van der Waals surface area contributed by atoms with Gasteiger partial charge in [-0.3, -0.25) is 0 Å². The molecular formula is C15H11N3S. The van der Waals surface area contributed by atoms with Gasteiger partial charge in [0.15, 0.2) is 4.77 Å². The summed E-state index contributed by atoms with van der Waals surface area (Å²) in [5.41, 5.74) is 3.75. The number of fused-ring (bicyclic) bond motifs is 1. The number of aromatic nitrogens is 2. The van der Waals surface area contributed by atoms with Crippen molar-refractivity contribution in [1.82, 2.24) is 9.55 Å². The van der Waals surface area contributed by atoms with Gasteiger partial charge in [-0.1, -0.05) is 30.3 Å². The van der Waals surface area contributed by atoms with Gasteiger partial charge in [-0.2, -0.15) is 5.26 Å². The first-order valence-electron chi connectivity index (χ1n) is 5.94. The molecule has 0 unspecified atom stereocenters. The molecule has 2 aromatic carbocycles. The molecule has 4 heteroatoms. The molecule has 92 valence electrons. The van der Waals surface area contributed by atoms with Crippen LogP contribution in [0.4, 0.5) is 0 Å². The third kappa shape index (κ3) is 2.16. The minimum absolute atomic E-state index is 0.642. The first kappa shape index (κ1) is 11.7. The molecule has 3 nitrogen and oxygen atoms in total. The highest BCUT2D eigenvalue weighted by Crippen LogP contribution is 2.17. The van der Waals surface area contributed by atoms with E-state index in [2.05, 4.69) is 23.2 Å². The van der Waals surface area contributed by atoms with E-state index >= 15 is 0 Å². The van der Waals surface area contributed by atoms with E-state index in [9.17, 15) is 0 Å². The van der Waals surface area contributed by atoms with Crippen LogP contribution in [-0.4, -0.2) is 9.55 Å². The first-order valence-corrected chi connectivity index (χ1v) is 6.35. The molecule has 0 saturated heterocycles. The molecule has 19 heavy (non-hydrogen) atoms. The lowest BCUT2D eigenvalue weighted by atomic mass is 10.2. The van der Waals surface area contributed by atoms with Crippen molar-refractivity contribution in [3.05, 3.63) is 64.4 Å². The molecule has 0 aliphatic rings. The molecule has 0 amide bonds. The fourth-order valence-corrected chi connectivity index (χ4v) is 2.42. The third-order valence-corrected chi connectivity index (χ3v) is 3.41. The number of imidazole rings is 1. The van der Waals surface area contributed by atoms with E-state index in [1.807, 2.05) is 34.9 Å². The van der Waals surface area contributed by atoms with Gasteiger partial charge < -0.3 is 9.55 Å². The van der Waals surface area contributed by atoms with E-state index in [4.69, 9.17) is 17.5 Å². The van der Waals surface area contributed by atoms with Gasteiger partial charge in [0.25, 0.3) is 0 Å². The summed E-state index contributed by atoms with van der Waals surface area (Å²) in [7, 11) is 0. The molecule has 3 rings (SSSR count). The highest BCUT2D eigenvalue weighted by atomic mass is 32.1. The molecule has 1 N–H and O–H groups in total. The molecule has 0 atom stereocenters. The number of hydrogen-bond acceptors (Lipinski definition) is 2. The van der Waals surface area contributed by atoms with Crippen LogP contribution in [0.2, 0.25) is 0 Å². The molecule has 0 radical (unpaired) electrons. The number of rotatable bonds is 2. The van der Waals surface area contributed by atoms with E-state index < -0.39 is 0 Å². The van der Waals surface area contributed by atoms with E-state index in [1.54, 1.807) is 6.07 Å². The molecule has 1 aromatic heterocycles. The van der Waals surface area contributed by atoms with Crippen LogP contribution in [0.25, 0.3) is 11.0 Å². The Kier molecular flexibility index (Phi) is 2.90. The van der Waals surface area contributed by atoms with E-state index in [0.29, 0.717) is 16.9 Å². The monoisotopic (exact) mass is 265 g/mol. The van der Waals surface area contributed by atoms with Crippen LogP contribution in [0.15, 0.2) is 48.5 Å². The lowest BCUT2D eigenvalue weighted by Gasteiger charge is -2.04. The lowest BCUT2D eigenvalue weighted by Crippen LogP contribution is -1.99. The Morgan fingerprint density at radius 2 is 1.95 bits per heavy atom. The highest BCUT2D eigenvalue weighted by molar-refractivity contribution is 7.71. The van der Waals surface area contributed by atoms with Crippen LogP contribution in [0.3, 0.4) is 0 Å². The zero-order chi connectivity index (χ0) is 13.2. The van der Waals surface area contributed by atoms with Gasteiger partial charge in [-0.15, -0.1) is 0 Å². The molecule has 0 fully saturated rings. The second-order valence-corrected chi connectivity index (χ2v) is 4.73. The topological polar surface area (TPSA) is 44.5 Å². The van der Waals surface area contributed by atoms with Crippen molar-refractivity contribution >= 4 is 23.3 Å². The Morgan fingerprint density at radius 3 is 2.68 bits per heavy atom. The van der Waals surface area contributed by atoms with Crippen molar-refractivity contribution < 1.29 is 0 Å². The molecular weight excluding hydrogens is 254 g/mol. The lowest BCUT2D eigenvalue weighted by molar-refractivity contribution is 0.810. The number of H-pyrrole nitrogens is 1. The highest BCUT2D eigenvalue weighted by Gasteiger charge is 2.05. The zero-order valence-electron chi connectivity index (χ0n) is 10.1.